The molecule has 1 amide bonds. The Balaban J connectivity index is 1.53. The molecule has 1 N–H and O–H groups in total. The first kappa shape index (κ1) is 21.3. The second-order valence-electron chi connectivity index (χ2n) is 6.79. The average Bonchev–Trinajstić information content (AvgIpc) is 3.26. The van der Waals surface area contributed by atoms with E-state index in [1.807, 2.05) is 60.7 Å². The van der Waals surface area contributed by atoms with Gasteiger partial charge in [0.05, 0.1) is 16.4 Å². The second kappa shape index (κ2) is 9.45. The Labute approximate surface area is 188 Å². The minimum atomic E-state index is -0.702. The van der Waals surface area contributed by atoms with E-state index in [4.69, 9.17) is 16.3 Å². The van der Waals surface area contributed by atoms with Gasteiger partial charge in [0.25, 0.3) is 5.91 Å². The highest BCUT2D eigenvalue weighted by molar-refractivity contribution is 6.33. The number of halogens is 2. The van der Waals surface area contributed by atoms with Crippen LogP contribution in [-0.2, 0) is 9.53 Å². The van der Waals surface area contributed by atoms with Crippen LogP contribution in [0, 0.1) is 5.82 Å². The third-order valence-corrected chi connectivity index (χ3v) is 4.85. The van der Waals surface area contributed by atoms with Gasteiger partial charge in [0, 0.05) is 11.8 Å². The first-order chi connectivity index (χ1) is 15.5. The number of rotatable bonds is 6. The molecule has 0 radical (unpaired) electrons. The lowest BCUT2D eigenvalue weighted by molar-refractivity contribution is -0.119. The van der Waals surface area contributed by atoms with Gasteiger partial charge in [0.1, 0.15) is 17.1 Å². The van der Waals surface area contributed by atoms with Gasteiger partial charge >= 0.3 is 5.97 Å². The molecule has 1 aromatic heterocycles. The molecular weight excluding hydrogens is 433 g/mol. The summed E-state index contributed by atoms with van der Waals surface area (Å²) < 4.78 is 20.0. The molecule has 0 fully saturated rings. The lowest BCUT2D eigenvalue weighted by Gasteiger charge is -2.08. The summed E-state index contributed by atoms with van der Waals surface area (Å²) in [5, 5.41) is 7.08. The summed E-state index contributed by atoms with van der Waals surface area (Å²) in [6, 6.07) is 22.1. The summed E-state index contributed by atoms with van der Waals surface area (Å²) in [5.74, 6) is -1.83. The monoisotopic (exact) mass is 449 g/mol. The molecule has 0 aliphatic carbocycles. The minimum Gasteiger partial charge on any atom is -0.452 e. The Bertz CT molecular complexity index is 1260. The molecule has 0 spiro atoms. The molecule has 160 valence electrons. The smallest absolute Gasteiger partial charge is 0.342 e. The van der Waals surface area contributed by atoms with E-state index in [-0.39, 0.29) is 16.3 Å². The molecular formula is C24H17ClFN3O3. The number of carbonyl (C=O) groups is 2. The van der Waals surface area contributed by atoms with E-state index in [0.29, 0.717) is 5.69 Å². The van der Waals surface area contributed by atoms with Gasteiger partial charge in [-0.3, -0.25) is 4.79 Å². The summed E-state index contributed by atoms with van der Waals surface area (Å²) in [7, 11) is 0. The van der Waals surface area contributed by atoms with E-state index >= 15 is 0 Å². The molecule has 0 saturated carbocycles. The van der Waals surface area contributed by atoms with Gasteiger partial charge in [-0.25, -0.2) is 13.9 Å². The summed E-state index contributed by atoms with van der Waals surface area (Å²) in [4.78, 5) is 25.0. The van der Waals surface area contributed by atoms with Crippen molar-refractivity contribution < 1.29 is 18.7 Å². The van der Waals surface area contributed by atoms with Crippen LogP contribution in [0.1, 0.15) is 10.4 Å². The van der Waals surface area contributed by atoms with Crippen molar-refractivity contribution in [3.63, 3.8) is 0 Å². The predicted molar refractivity (Wildman–Crippen MR) is 119 cm³/mol. The van der Waals surface area contributed by atoms with Crippen molar-refractivity contribution >= 4 is 29.2 Å². The molecule has 3 aromatic carbocycles. The van der Waals surface area contributed by atoms with E-state index in [2.05, 4.69) is 10.4 Å². The zero-order valence-corrected chi connectivity index (χ0v) is 17.4. The maximum atomic E-state index is 13.2. The quantitative estimate of drug-likeness (QED) is 0.414. The fraction of sp³-hybridized carbons (Fsp3) is 0.0417. The van der Waals surface area contributed by atoms with Crippen LogP contribution in [0.5, 0.6) is 0 Å². The van der Waals surface area contributed by atoms with Crippen LogP contribution in [0.4, 0.5) is 10.1 Å². The highest BCUT2D eigenvalue weighted by Crippen LogP contribution is 2.25. The maximum Gasteiger partial charge on any atom is 0.342 e. The van der Waals surface area contributed by atoms with E-state index in [1.54, 1.807) is 10.9 Å². The van der Waals surface area contributed by atoms with Crippen LogP contribution in [0.15, 0.2) is 85.1 Å². The number of para-hydroxylation sites is 1. The van der Waals surface area contributed by atoms with Crippen LogP contribution in [0.25, 0.3) is 16.9 Å². The molecule has 6 nitrogen and oxygen atoms in total. The molecule has 0 aliphatic rings. The zero-order chi connectivity index (χ0) is 22.5. The lowest BCUT2D eigenvalue weighted by Crippen LogP contribution is -2.21. The summed E-state index contributed by atoms with van der Waals surface area (Å²) in [6.07, 6.45) is 1.56. The van der Waals surface area contributed by atoms with Crippen LogP contribution >= 0.6 is 11.6 Å². The molecule has 0 bridgehead atoms. The van der Waals surface area contributed by atoms with E-state index in [9.17, 15) is 14.0 Å². The molecule has 8 heteroatoms. The summed E-state index contributed by atoms with van der Waals surface area (Å²) >= 11 is 5.91. The number of benzene rings is 3. The van der Waals surface area contributed by atoms with Crippen LogP contribution < -0.4 is 5.32 Å². The van der Waals surface area contributed by atoms with Crippen molar-refractivity contribution in [3.05, 3.63) is 101 Å². The molecule has 0 unspecified atom stereocenters. The van der Waals surface area contributed by atoms with Crippen LogP contribution in [0.2, 0.25) is 5.02 Å². The van der Waals surface area contributed by atoms with Gasteiger partial charge in [0.2, 0.25) is 0 Å². The number of aromatic nitrogens is 2. The van der Waals surface area contributed by atoms with Gasteiger partial charge in [-0.05, 0) is 30.3 Å². The number of nitrogens with zero attached hydrogens (tertiary/aromatic N) is 2. The molecule has 4 aromatic rings. The van der Waals surface area contributed by atoms with E-state index < -0.39 is 24.3 Å². The largest absolute Gasteiger partial charge is 0.452 e. The number of hydrogen-bond donors (Lipinski definition) is 1. The number of carbonyl (C=O) groups excluding carboxylic acids is 2. The van der Waals surface area contributed by atoms with Gasteiger partial charge in [-0.2, -0.15) is 5.10 Å². The van der Waals surface area contributed by atoms with E-state index in [1.165, 1.54) is 6.07 Å². The zero-order valence-electron chi connectivity index (χ0n) is 16.7. The highest BCUT2D eigenvalue weighted by atomic mass is 35.5. The Morgan fingerprint density at radius 3 is 2.38 bits per heavy atom. The van der Waals surface area contributed by atoms with Crippen LogP contribution in [-0.4, -0.2) is 28.3 Å². The summed E-state index contributed by atoms with van der Waals surface area (Å²) in [5.41, 5.74) is 2.37. The van der Waals surface area contributed by atoms with Crippen LogP contribution in [0.3, 0.4) is 0 Å². The maximum absolute atomic E-state index is 13.2. The van der Waals surface area contributed by atoms with Crippen molar-refractivity contribution in [1.29, 1.82) is 0 Å². The van der Waals surface area contributed by atoms with Gasteiger partial charge in [-0.15, -0.1) is 0 Å². The minimum absolute atomic E-state index is 0.0418. The Morgan fingerprint density at radius 2 is 1.69 bits per heavy atom. The van der Waals surface area contributed by atoms with Crippen molar-refractivity contribution in [1.82, 2.24) is 9.78 Å². The van der Waals surface area contributed by atoms with Gasteiger partial charge in [-0.1, -0.05) is 60.1 Å². The standard InChI is InChI=1S/C24H17ClFN3O3/c25-20-13-17(26)11-12-21(20)27-22(30)15-32-24(31)19-14-29(18-9-5-2-6-10-18)28-23(19)16-7-3-1-4-8-16/h1-14H,15H2,(H,27,30). The first-order valence-electron chi connectivity index (χ1n) is 9.64. The Morgan fingerprint density at radius 1 is 1.00 bits per heavy atom. The average molecular weight is 450 g/mol. The number of ether oxygens (including phenoxy) is 1. The van der Waals surface area contributed by atoms with Gasteiger partial charge in [0.15, 0.2) is 6.61 Å². The highest BCUT2D eigenvalue weighted by Gasteiger charge is 2.21. The summed E-state index contributed by atoms with van der Waals surface area (Å²) in [6.45, 7) is -0.544. The van der Waals surface area contributed by atoms with Crippen molar-refractivity contribution in [3.8, 4) is 16.9 Å². The molecule has 0 aliphatic heterocycles. The van der Waals surface area contributed by atoms with Gasteiger partial charge < -0.3 is 10.1 Å². The fourth-order valence-electron chi connectivity index (χ4n) is 3.03. The number of amides is 1. The third-order valence-electron chi connectivity index (χ3n) is 4.54. The Hall–Kier alpha value is -3.97. The lowest BCUT2D eigenvalue weighted by atomic mass is 10.1. The molecule has 32 heavy (non-hydrogen) atoms. The number of nitrogens with one attached hydrogen (secondary N) is 1. The predicted octanol–water partition coefficient (Wildman–Crippen LogP) is 5.13. The molecule has 0 saturated heterocycles. The molecule has 1 heterocycles. The molecule has 4 rings (SSSR count). The molecule has 0 atom stereocenters. The fourth-order valence-corrected chi connectivity index (χ4v) is 3.25. The van der Waals surface area contributed by atoms with Crippen molar-refractivity contribution in [2.24, 2.45) is 0 Å². The first-order valence-corrected chi connectivity index (χ1v) is 10.0. The number of esters is 1. The number of anilines is 1. The number of hydrogen-bond acceptors (Lipinski definition) is 4. The third kappa shape index (κ3) is 4.84. The Kier molecular flexibility index (Phi) is 6.28. The second-order valence-corrected chi connectivity index (χ2v) is 7.19. The van der Waals surface area contributed by atoms with Crippen molar-refractivity contribution in [2.45, 2.75) is 0 Å². The SMILES string of the molecule is O=C(COC(=O)c1cn(-c2ccccc2)nc1-c1ccccc1)Nc1ccc(F)cc1Cl. The normalized spacial score (nSPS) is 10.6. The van der Waals surface area contributed by atoms with E-state index in [0.717, 1.165) is 23.4 Å². The van der Waals surface area contributed by atoms with Crippen molar-refractivity contribution in [2.75, 3.05) is 11.9 Å². The topological polar surface area (TPSA) is 73.2 Å².